The van der Waals surface area contributed by atoms with Crippen LogP contribution in [-0.2, 0) is 6.42 Å². The first-order valence-corrected chi connectivity index (χ1v) is 8.33. The van der Waals surface area contributed by atoms with Crippen molar-refractivity contribution in [2.75, 3.05) is 6.54 Å². The van der Waals surface area contributed by atoms with E-state index in [1.807, 2.05) is 6.07 Å². The smallest absolute Gasteiger partial charge is 0.124 e. The van der Waals surface area contributed by atoms with Crippen molar-refractivity contribution in [3.8, 4) is 0 Å². The molecule has 0 saturated heterocycles. The molecule has 2 aromatic carbocycles. The molecule has 0 bridgehead atoms. The highest BCUT2D eigenvalue weighted by Gasteiger charge is 2.15. The van der Waals surface area contributed by atoms with Gasteiger partial charge in [0.1, 0.15) is 5.82 Å². The van der Waals surface area contributed by atoms with Crippen LogP contribution in [0.25, 0.3) is 0 Å². The molecule has 1 unspecified atom stereocenters. The lowest BCUT2D eigenvalue weighted by Crippen LogP contribution is -2.24. The molecule has 0 aliphatic carbocycles. The van der Waals surface area contributed by atoms with Crippen LogP contribution in [0.15, 0.2) is 36.4 Å². The van der Waals surface area contributed by atoms with Crippen LogP contribution in [0.2, 0.25) is 0 Å². The van der Waals surface area contributed by atoms with E-state index in [2.05, 4.69) is 66.9 Å². The number of hydrogen-bond acceptors (Lipinski definition) is 1. The average molecular weight is 397 g/mol. The molecule has 1 N–H and O–H groups in total. The first-order valence-electron chi connectivity index (χ1n) is 7.25. The van der Waals surface area contributed by atoms with Gasteiger partial charge in [-0.3, -0.25) is 0 Å². The molecular formula is C18H21FIN. The summed E-state index contributed by atoms with van der Waals surface area (Å²) in [6.45, 7) is 7.26. The zero-order chi connectivity index (χ0) is 15.4. The van der Waals surface area contributed by atoms with E-state index in [4.69, 9.17) is 0 Å². The van der Waals surface area contributed by atoms with Gasteiger partial charge in [-0.2, -0.15) is 0 Å². The maximum absolute atomic E-state index is 13.3. The zero-order valence-corrected chi connectivity index (χ0v) is 14.9. The summed E-state index contributed by atoms with van der Waals surface area (Å²) in [5.74, 6) is -0.176. The van der Waals surface area contributed by atoms with Crippen molar-refractivity contribution in [3.05, 3.63) is 68.0 Å². The lowest BCUT2D eigenvalue weighted by atomic mass is 9.96. The third-order valence-electron chi connectivity index (χ3n) is 3.80. The Balaban J connectivity index is 2.28. The lowest BCUT2D eigenvalue weighted by Gasteiger charge is -2.20. The Bertz CT molecular complexity index is 625. The van der Waals surface area contributed by atoms with E-state index in [-0.39, 0.29) is 11.9 Å². The minimum Gasteiger partial charge on any atom is -0.310 e. The van der Waals surface area contributed by atoms with Gasteiger partial charge in [0.25, 0.3) is 0 Å². The molecule has 1 atom stereocenters. The van der Waals surface area contributed by atoms with E-state index in [9.17, 15) is 4.39 Å². The zero-order valence-electron chi connectivity index (χ0n) is 12.7. The molecule has 21 heavy (non-hydrogen) atoms. The van der Waals surface area contributed by atoms with Crippen molar-refractivity contribution in [2.45, 2.75) is 33.2 Å². The molecule has 0 spiro atoms. The molecular weight excluding hydrogens is 376 g/mol. The maximum atomic E-state index is 13.3. The molecule has 0 aliphatic rings. The highest BCUT2D eigenvalue weighted by atomic mass is 127. The number of likely N-dealkylation sites (N-methyl/N-ethyl adjacent to an activating group) is 1. The summed E-state index contributed by atoms with van der Waals surface area (Å²) in [5.41, 5.74) is 5.10. The molecule has 3 heteroatoms. The summed E-state index contributed by atoms with van der Waals surface area (Å²) in [4.78, 5) is 0. The number of hydrogen-bond donors (Lipinski definition) is 1. The van der Waals surface area contributed by atoms with Crippen molar-refractivity contribution in [1.82, 2.24) is 5.32 Å². The molecule has 0 aromatic heterocycles. The summed E-state index contributed by atoms with van der Waals surface area (Å²) < 4.78 is 14.3. The number of aryl methyl sites for hydroxylation is 2. The average Bonchev–Trinajstić information content (AvgIpc) is 2.42. The molecule has 0 aliphatic heterocycles. The molecule has 2 aromatic rings. The third kappa shape index (κ3) is 4.27. The van der Waals surface area contributed by atoms with Crippen LogP contribution in [0, 0.1) is 23.2 Å². The Morgan fingerprint density at radius 2 is 1.86 bits per heavy atom. The molecule has 112 valence electrons. The van der Waals surface area contributed by atoms with Crippen LogP contribution >= 0.6 is 22.6 Å². The van der Waals surface area contributed by atoms with Crippen LogP contribution < -0.4 is 5.32 Å². The second kappa shape index (κ2) is 7.36. The Labute approximate surface area is 140 Å². The van der Waals surface area contributed by atoms with E-state index < -0.39 is 0 Å². The topological polar surface area (TPSA) is 12.0 Å². The quantitative estimate of drug-likeness (QED) is 0.705. The molecule has 0 radical (unpaired) electrons. The number of nitrogens with one attached hydrogen (secondary N) is 1. The predicted octanol–water partition coefficient (Wildman–Crippen LogP) is 4.94. The Morgan fingerprint density at radius 1 is 1.10 bits per heavy atom. The fourth-order valence-corrected chi connectivity index (χ4v) is 3.34. The standard InChI is InChI=1S/C18H21FIN/c1-4-21-18(16-8-7-15(19)11-17(16)20)10-14-6-5-12(2)13(3)9-14/h5-9,11,18,21H,4,10H2,1-3H3. The summed E-state index contributed by atoms with van der Waals surface area (Å²) in [6, 6.07) is 11.8. The van der Waals surface area contributed by atoms with Gasteiger partial charge in [-0.15, -0.1) is 0 Å². The monoisotopic (exact) mass is 397 g/mol. The predicted molar refractivity (Wildman–Crippen MR) is 95.2 cm³/mol. The van der Waals surface area contributed by atoms with Crippen LogP contribution in [0.3, 0.4) is 0 Å². The van der Waals surface area contributed by atoms with E-state index in [1.165, 1.54) is 16.7 Å². The summed E-state index contributed by atoms with van der Waals surface area (Å²) >= 11 is 2.22. The van der Waals surface area contributed by atoms with Gasteiger partial charge in [0.05, 0.1) is 0 Å². The largest absolute Gasteiger partial charge is 0.310 e. The van der Waals surface area contributed by atoms with E-state index in [1.54, 1.807) is 12.1 Å². The second-order valence-electron chi connectivity index (χ2n) is 5.40. The van der Waals surface area contributed by atoms with Crippen molar-refractivity contribution >= 4 is 22.6 Å². The van der Waals surface area contributed by atoms with Gasteiger partial charge in [-0.1, -0.05) is 31.2 Å². The minimum absolute atomic E-state index is 0.176. The fraction of sp³-hybridized carbons (Fsp3) is 0.333. The first-order chi connectivity index (χ1) is 10.0. The van der Waals surface area contributed by atoms with Crippen molar-refractivity contribution in [1.29, 1.82) is 0 Å². The molecule has 0 fully saturated rings. The maximum Gasteiger partial charge on any atom is 0.124 e. The van der Waals surface area contributed by atoms with Crippen LogP contribution in [-0.4, -0.2) is 6.54 Å². The minimum atomic E-state index is -0.176. The SMILES string of the molecule is CCNC(Cc1ccc(C)c(C)c1)c1ccc(F)cc1I. The van der Waals surface area contributed by atoms with Crippen LogP contribution in [0.5, 0.6) is 0 Å². The molecule has 0 heterocycles. The Morgan fingerprint density at radius 3 is 2.48 bits per heavy atom. The van der Waals surface area contributed by atoms with E-state index in [0.29, 0.717) is 0 Å². The first kappa shape index (κ1) is 16.4. The van der Waals surface area contributed by atoms with Gasteiger partial charge in [0, 0.05) is 9.61 Å². The van der Waals surface area contributed by atoms with Gasteiger partial charge < -0.3 is 5.32 Å². The lowest BCUT2D eigenvalue weighted by molar-refractivity contribution is 0.544. The number of rotatable bonds is 5. The van der Waals surface area contributed by atoms with Crippen molar-refractivity contribution in [2.24, 2.45) is 0 Å². The summed E-state index contributed by atoms with van der Waals surface area (Å²) in [5, 5.41) is 3.51. The molecule has 2 rings (SSSR count). The number of benzene rings is 2. The van der Waals surface area contributed by atoms with Gasteiger partial charge >= 0.3 is 0 Å². The summed E-state index contributed by atoms with van der Waals surface area (Å²) in [7, 11) is 0. The fourth-order valence-electron chi connectivity index (χ4n) is 2.49. The Hall–Kier alpha value is -0.940. The molecule has 1 nitrogen and oxygen atoms in total. The highest BCUT2D eigenvalue weighted by Crippen LogP contribution is 2.25. The molecule has 0 saturated carbocycles. The van der Waals surface area contributed by atoms with Crippen LogP contribution in [0.4, 0.5) is 4.39 Å². The molecule has 0 amide bonds. The third-order valence-corrected chi connectivity index (χ3v) is 4.73. The van der Waals surface area contributed by atoms with Crippen LogP contribution in [0.1, 0.15) is 35.2 Å². The van der Waals surface area contributed by atoms with Gasteiger partial charge in [0.15, 0.2) is 0 Å². The highest BCUT2D eigenvalue weighted by molar-refractivity contribution is 14.1. The van der Waals surface area contributed by atoms with E-state index in [0.717, 1.165) is 22.1 Å². The van der Waals surface area contributed by atoms with Crippen molar-refractivity contribution in [3.63, 3.8) is 0 Å². The number of halogens is 2. The second-order valence-corrected chi connectivity index (χ2v) is 6.56. The Kier molecular flexibility index (Phi) is 5.76. The van der Waals surface area contributed by atoms with Gasteiger partial charge in [-0.25, -0.2) is 4.39 Å². The summed E-state index contributed by atoms with van der Waals surface area (Å²) in [6.07, 6.45) is 0.913. The normalized spacial score (nSPS) is 12.4. The van der Waals surface area contributed by atoms with Gasteiger partial charge in [0.2, 0.25) is 0 Å². The van der Waals surface area contributed by atoms with Gasteiger partial charge in [-0.05, 0) is 83.8 Å². The van der Waals surface area contributed by atoms with E-state index >= 15 is 0 Å². The van der Waals surface area contributed by atoms with Crippen molar-refractivity contribution < 1.29 is 4.39 Å².